The summed E-state index contributed by atoms with van der Waals surface area (Å²) in [6.07, 6.45) is 0. The molecule has 0 aromatic heterocycles. The van der Waals surface area contributed by atoms with Gasteiger partial charge in [0.2, 0.25) is 0 Å². The van der Waals surface area contributed by atoms with E-state index in [1.165, 1.54) is 12.1 Å². The summed E-state index contributed by atoms with van der Waals surface area (Å²) in [4.78, 5) is 0. The van der Waals surface area contributed by atoms with Gasteiger partial charge in [-0.2, -0.15) is 0 Å². The molecule has 0 spiro atoms. The summed E-state index contributed by atoms with van der Waals surface area (Å²) < 4.78 is 23.9. The Labute approximate surface area is 127 Å². The van der Waals surface area contributed by atoms with Crippen LogP contribution in [0.5, 0.6) is 11.5 Å². The zero-order valence-corrected chi connectivity index (χ0v) is 12.5. The van der Waals surface area contributed by atoms with Crippen LogP contribution in [0.3, 0.4) is 0 Å². The molecule has 1 unspecified atom stereocenters. The summed E-state index contributed by atoms with van der Waals surface area (Å²) in [6, 6.07) is 9.85. The van der Waals surface area contributed by atoms with E-state index >= 15 is 0 Å². The lowest BCUT2D eigenvalue weighted by atomic mass is 10.0. The number of ether oxygens (including phenoxy) is 2. The van der Waals surface area contributed by atoms with Crippen LogP contribution in [0.1, 0.15) is 16.5 Å². The predicted molar refractivity (Wildman–Crippen MR) is 78.7 cm³/mol. The van der Waals surface area contributed by atoms with Gasteiger partial charge in [0.25, 0.3) is 0 Å². The first kappa shape index (κ1) is 14.9. The third-order valence-corrected chi connectivity index (χ3v) is 3.75. The summed E-state index contributed by atoms with van der Waals surface area (Å²) in [5.41, 5.74) is 1.41. The van der Waals surface area contributed by atoms with Crippen LogP contribution in [0.2, 0.25) is 5.02 Å². The Bertz CT molecular complexity index is 617. The molecule has 5 heteroatoms. The molecule has 0 amide bonds. The van der Waals surface area contributed by atoms with Gasteiger partial charge in [-0.05, 0) is 35.4 Å². The molecule has 0 aliphatic rings. The van der Waals surface area contributed by atoms with Crippen molar-refractivity contribution < 1.29 is 13.9 Å². The minimum atomic E-state index is -0.499. The van der Waals surface area contributed by atoms with Crippen LogP contribution in [0.25, 0.3) is 0 Å². The van der Waals surface area contributed by atoms with E-state index in [-0.39, 0.29) is 5.02 Å². The van der Waals surface area contributed by atoms with Crippen LogP contribution in [-0.4, -0.2) is 14.2 Å². The molecular weight excluding hydrogens is 302 g/mol. The zero-order chi connectivity index (χ0) is 14.7. The number of hydrogen-bond donors (Lipinski definition) is 0. The first-order valence-electron chi connectivity index (χ1n) is 5.87. The van der Waals surface area contributed by atoms with Crippen molar-refractivity contribution >= 4 is 23.2 Å². The van der Waals surface area contributed by atoms with Crippen LogP contribution in [0.15, 0.2) is 36.4 Å². The lowest BCUT2D eigenvalue weighted by Crippen LogP contribution is -1.97. The number of halogens is 3. The van der Waals surface area contributed by atoms with Crippen molar-refractivity contribution in [1.29, 1.82) is 0 Å². The largest absolute Gasteiger partial charge is 0.493 e. The van der Waals surface area contributed by atoms with Crippen molar-refractivity contribution in [2.75, 3.05) is 14.2 Å². The highest BCUT2D eigenvalue weighted by molar-refractivity contribution is 6.30. The molecule has 2 rings (SSSR count). The van der Waals surface area contributed by atoms with Gasteiger partial charge in [0.15, 0.2) is 11.5 Å². The summed E-state index contributed by atoms with van der Waals surface area (Å²) in [5, 5.41) is -0.425. The molecule has 1 atom stereocenters. The highest BCUT2D eigenvalue weighted by atomic mass is 35.5. The standard InChI is InChI=1S/C15H13Cl2FO2/c1-19-13-6-4-10(8-14(13)20-2)15(17)9-3-5-11(16)12(18)7-9/h3-8,15H,1-2H3. The van der Waals surface area contributed by atoms with Crippen LogP contribution >= 0.6 is 23.2 Å². The lowest BCUT2D eigenvalue weighted by Gasteiger charge is -2.14. The molecule has 0 bridgehead atoms. The Morgan fingerprint density at radius 2 is 1.55 bits per heavy atom. The van der Waals surface area contributed by atoms with Crippen molar-refractivity contribution in [3.05, 3.63) is 58.4 Å². The summed E-state index contributed by atoms with van der Waals surface area (Å²) in [7, 11) is 3.11. The maximum atomic E-state index is 13.5. The highest BCUT2D eigenvalue weighted by Gasteiger charge is 2.15. The highest BCUT2D eigenvalue weighted by Crippen LogP contribution is 2.36. The van der Waals surface area contributed by atoms with Crippen LogP contribution < -0.4 is 9.47 Å². The molecule has 0 aliphatic carbocycles. The van der Waals surface area contributed by atoms with E-state index in [4.69, 9.17) is 32.7 Å². The first-order valence-corrected chi connectivity index (χ1v) is 6.69. The third-order valence-electron chi connectivity index (χ3n) is 2.94. The van der Waals surface area contributed by atoms with Gasteiger partial charge in [0.05, 0.1) is 24.6 Å². The number of hydrogen-bond acceptors (Lipinski definition) is 2. The molecule has 2 aromatic rings. The Balaban J connectivity index is 2.37. The molecule has 0 aliphatic heterocycles. The molecule has 106 valence electrons. The van der Waals surface area contributed by atoms with E-state index in [1.807, 2.05) is 6.07 Å². The Morgan fingerprint density at radius 3 is 2.15 bits per heavy atom. The van der Waals surface area contributed by atoms with Gasteiger partial charge >= 0.3 is 0 Å². The van der Waals surface area contributed by atoms with Gasteiger partial charge in [-0.1, -0.05) is 23.7 Å². The van der Waals surface area contributed by atoms with Gasteiger partial charge in [0.1, 0.15) is 5.82 Å². The molecule has 0 heterocycles. The number of alkyl halides is 1. The fourth-order valence-electron chi connectivity index (χ4n) is 1.87. The summed E-state index contributed by atoms with van der Waals surface area (Å²) in [5.74, 6) is 0.697. The molecule has 0 saturated heterocycles. The van der Waals surface area contributed by atoms with E-state index in [0.29, 0.717) is 17.1 Å². The quantitative estimate of drug-likeness (QED) is 0.753. The Hall–Kier alpha value is -1.45. The lowest BCUT2D eigenvalue weighted by molar-refractivity contribution is 0.354. The van der Waals surface area contributed by atoms with E-state index in [1.54, 1.807) is 32.4 Å². The molecule has 0 radical (unpaired) electrons. The van der Waals surface area contributed by atoms with Gasteiger partial charge in [-0.25, -0.2) is 4.39 Å². The van der Waals surface area contributed by atoms with Crippen molar-refractivity contribution in [3.63, 3.8) is 0 Å². The van der Waals surface area contributed by atoms with Gasteiger partial charge < -0.3 is 9.47 Å². The fourth-order valence-corrected chi connectivity index (χ4v) is 2.26. The maximum absolute atomic E-state index is 13.5. The molecule has 20 heavy (non-hydrogen) atoms. The normalized spacial score (nSPS) is 12.1. The second-order valence-electron chi connectivity index (χ2n) is 4.15. The van der Waals surface area contributed by atoms with Gasteiger partial charge in [-0.3, -0.25) is 0 Å². The van der Waals surface area contributed by atoms with E-state index in [2.05, 4.69) is 0 Å². The molecule has 0 N–H and O–H groups in total. The van der Waals surface area contributed by atoms with Crippen LogP contribution in [0, 0.1) is 5.82 Å². The molecular formula is C15H13Cl2FO2. The van der Waals surface area contributed by atoms with E-state index < -0.39 is 11.2 Å². The predicted octanol–water partition coefficient (Wildman–Crippen LogP) is 4.82. The third kappa shape index (κ3) is 3.00. The van der Waals surface area contributed by atoms with Gasteiger partial charge in [0, 0.05) is 0 Å². The second-order valence-corrected chi connectivity index (χ2v) is 4.99. The first-order chi connectivity index (χ1) is 9.56. The second kappa shape index (κ2) is 6.33. The zero-order valence-electron chi connectivity index (χ0n) is 11.0. The Morgan fingerprint density at radius 1 is 0.950 bits per heavy atom. The van der Waals surface area contributed by atoms with E-state index in [0.717, 1.165) is 5.56 Å². The van der Waals surface area contributed by atoms with Crippen molar-refractivity contribution in [2.45, 2.75) is 5.38 Å². The Kier molecular flexibility index (Phi) is 4.73. The van der Waals surface area contributed by atoms with Crippen LogP contribution in [0.4, 0.5) is 4.39 Å². The number of benzene rings is 2. The number of rotatable bonds is 4. The minimum Gasteiger partial charge on any atom is -0.493 e. The number of methoxy groups -OCH3 is 2. The monoisotopic (exact) mass is 314 g/mol. The maximum Gasteiger partial charge on any atom is 0.161 e. The van der Waals surface area contributed by atoms with Crippen molar-refractivity contribution in [2.24, 2.45) is 0 Å². The minimum absolute atomic E-state index is 0.0740. The fraction of sp³-hybridized carbons (Fsp3) is 0.200. The average molecular weight is 315 g/mol. The molecule has 0 fully saturated rings. The smallest absolute Gasteiger partial charge is 0.161 e. The topological polar surface area (TPSA) is 18.5 Å². The van der Waals surface area contributed by atoms with Crippen LogP contribution in [-0.2, 0) is 0 Å². The SMILES string of the molecule is COc1ccc(C(Cl)c2ccc(Cl)c(F)c2)cc1OC. The van der Waals surface area contributed by atoms with Crippen molar-refractivity contribution in [3.8, 4) is 11.5 Å². The molecule has 2 nitrogen and oxygen atoms in total. The summed E-state index contributed by atoms with van der Waals surface area (Å²) in [6.45, 7) is 0. The average Bonchev–Trinajstić information content (AvgIpc) is 2.48. The molecule has 2 aromatic carbocycles. The van der Waals surface area contributed by atoms with E-state index in [9.17, 15) is 4.39 Å². The van der Waals surface area contributed by atoms with Crippen molar-refractivity contribution in [1.82, 2.24) is 0 Å². The molecule has 0 saturated carbocycles. The summed E-state index contributed by atoms with van der Waals surface area (Å²) >= 11 is 12.0. The van der Waals surface area contributed by atoms with Gasteiger partial charge in [-0.15, -0.1) is 11.6 Å².